The van der Waals surface area contributed by atoms with Crippen LogP contribution in [-0.4, -0.2) is 54.1 Å². The lowest BCUT2D eigenvalue weighted by atomic mass is 10.1. The van der Waals surface area contributed by atoms with Crippen molar-refractivity contribution >= 4 is 29.0 Å². The first-order valence-electron chi connectivity index (χ1n) is 9.85. The normalized spacial score (nSPS) is 16.1. The van der Waals surface area contributed by atoms with Crippen LogP contribution in [0.2, 0.25) is 0 Å². The summed E-state index contributed by atoms with van der Waals surface area (Å²) in [6, 6.07) is 9.42. The zero-order chi connectivity index (χ0) is 21.4. The molecular formula is C21H20N8OS. The molecule has 0 saturated carbocycles. The van der Waals surface area contributed by atoms with Crippen LogP contribution in [0.25, 0.3) is 22.1 Å². The molecule has 5 heterocycles. The number of amides is 1. The highest BCUT2D eigenvalue weighted by molar-refractivity contribution is 7.15. The monoisotopic (exact) mass is 432 g/mol. The lowest BCUT2D eigenvalue weighted by Gasteiger charge is -2.07. The summed E-state index contributed by atoms with van der Waals surface area (Å²) in [6.07, 6.45) is 6.16. The Morgan fingerprint density at radius 3 is 2.68 bits per heavy atom. The molecule has 4 aromatic heterocycles. The number of pyridine rings is 1. The maximum absolute atomic E-state index is 12.3. The van der Waals surface area contributed by atoms with Crippen LogP contribution in [0.5, 0.6) is 0 Å². The Labute approximate surface area is 182 Å². The van der Waals surface area contributed by atoms with Gasteiger partial charge >= 0.3 is 0 Å². The van der Waals surface area contributed by atoms with E-state index in [0.717, 1.165) is 34.2 Å². The van der Waals surface area contributed by atoms with Gasteiger partial charge in [0.2, 0.25) is 11.9 Å². The number of nitrogens with zero attached hydrogens (tertiary/aromatic N) is 7. The third kappa shape index (κ3) is 3.89. The topological polar surface area (TPSA) is 102 Å². The molecule has 1 atom stereocenters. The Morgan fingerprint density at radius 1 is 1.06 bits per heavy atom. The van der Waals surface area contributed by atoms with Crippen LogP contribution in [0.1, 0.15) is 17.2 Å². The molecule has 10 heteroatoms. The maximum Gasteiger partial charge on any atom is 0.230 e. The Bertz CT molecular complexity index is 1250. The summed E-state index contributed by atoms with van der Waals surface area (Å²) in [5, 5.41) is 8.17. The van der Waals surface area contributed by atoms with Crippen molar-refractivity contribution in [1.29, 1.82) is 0 Å². The number of hydrogen-bond donors (Lipinski definition) is 1. The van der Waals surface area contributed by atoms with Crippen molar-refractivity contribution in [2.24, 2.45) is 7.05 Å². The summed E-state index contributed by atoms with van der Waals surface area (Å²) >= 11 is 1.52. The first-order chi connectivity index (χ1) is 15.1. The molecule has 1 saturated heterocycles. The van der Waals surface area contributed by atoms with E-state index in [4.69, 9.17) is 4.98 Å². The highest BCUT2D eigenvalue weighted by atomic mass is 32.1. The fourth-order valence-corrected chi connectivity index (χ4v) is 4.52. The zero-order valence-corrected chi connectivity index (χ0v) is 17.9. The molecule has 5 rings (SSSR count). The third-order valence-corrected chi connectivity index (χ3v) is 6.27. The van der Waals surface area contributed by atoms with Gasteiger partial charge in [0.05, 0.1) is 23.0 Å². The van der Waals surface area contributed by atoms with Crippen LogP contribution in [0.3, 0.4) is 0 Å². The Kier molecular flexibility index (Phi) is 4.91. The van der Waals surface area contributed by atoms with Gasteiger partial charge in [-0.1, -0.05) is 6.07 Å². The van der Waals surface area contributed by atoms with Crippen molar-refractivity contribution in [2.45, 2.75) is 12.3 Å². The number of rotatable bonds is 5. The lowest BCUT2D eigenvalue weighted by Crippen LogP contribution is -2.21. The van der Waals surface area contributed by atoms with Gasteiger partial charge < -0.3 is 10.2 Å². The molecule has 1 fully saturated rings. The van der Waals surface area contributed by atoms with Crippen molar-refractivity contribution in [3.05, 3.63) is 53.8 Å². The summed E-state index contributed by atoms with van der Waals surface area (Å²) in [5.41, 5.74) is 2.17. The van der Waals surface area contributed by atoms with E-state index in [1.807, 2.05) is 50.6 Å². The van der Waals surface area contributed by atoms with Crippen LogP contribution in [-0.2, 0) is 11.8 Å². The molecule has 1 aliphatic heterocycles. The number of carbonyl (C=O) groups is 1. The predicted octanol–water partition coefficient (Wildman–Crippen LogP) is 3.08. The third-order valence-electron chi connectivity index (χ3n) is 5.13. The number of carbonyl (C=O) groups excluding carboxylic acids is 1. The minimum atomic E-state index is -0.0958. The number of nitrogens with one attached hydrogen (secondary N) is 1. The molecule has 1 aliphatic rings. The van der Waals surface area contributed by atoms with Crippen molar-refractivity contribution < 1.29 is 4.79 Å². The molecule has 9 nitrogen and oxygen atoms in total. The second-order valence-corrected chi connectivity index (χ2v) is 8.40. The summed E-state index contributed by atoms with van der Waals surface area (Å²) in [4.78, 5) is 33.2. The minimum absolute atomic E-state index is 0.0958. The Morgan fingerprint density at radius 2 is 1.90 bits per heavy atom. The first kappa shape index (κ1) is 19.3. The maximum atomic E-state index is 12.3. The van der Waals surface area contributed by atoms with Gasteiger partial charge in [-0.25, -0.2) is 19.9 Å². The van der Waals surface area contributed by atoms with Crippen LogP contribution in [0.15, 0.2) is 48.9 Å². The van der Waals surface area contributed by atoms with Gasteiger partial charge in [0.1, 0.15) is 5.01 Å². The number of aryl methyl sites for hydroxylation is 1. The van der Waals surface area contributed by atoms with Crippen molar-refractivity contribution in [3.8, 4) is 22.1 Å². The highest BCUT2D eigenvalue weighted by Crippen LogP contribution is 2.35. The second kappa shape index (κ2) is 7.88. The predicted molar refractivity (Wildman–Crippen MR) is 118 cm³/mol. The SMILES string of the molecule is CN1CC[C@H](c2cnc(-c3cccc(-c4ccnc(Nc5ccn(C)n5)n4)n3)s2)C1=O. The number of likely N-dealkylation sites (tertiary alicyclic amines) is 1. The molecule has 0 bridgehead atoms. The van der Waals surface area contributed by atoms with E-state index in [-0.39, 0.29) is 11.8 Å². The summed E-state index contributed by atoms with van der Waals surface area (Å²) in [5.74, 6) is 1.18. The lowest BCUT2D eigenvalue weighted by molar-refractivity contribution is -0.127. The molecule has 1 N–H and O–H groups in total. The molecule has 4 aromatic rings. The van der Waals surface area contributed by atoms with Crippen LogP contribution in [0, 0.1) is 0 Å². The number of thiazole rings is 1. The smallest absolute Gasteiger partial charge is 0.230 e. The quantitative estimate of drug-likeness (QED) is 0.517. The fraction of sp³-hybridized carbons (Fsp3) is 0.238. The van der Waals surface area contributed by atoms with Gasteiger partial charge in [-0.3, -0.25) is 9.48 Å². The van der Waals surface area contributed by atoms with Gasteiger partial charge in [0, 0.05) is 50.2 Å². The molecular weight excluding hydrogens is 412 g/mol. The van der Waals surface area contributed by atoms with E-state index in [2.05, 4.69) is 25.4 Å². The molecule has 0 unspecified atom stereocenters. The van der Waals surface area contributed by atoms with Crippen molar-refractivity contribution in [1.82, 2.24) is 34.6 Å². The van der Waals surface area contributed by atoms with Gasteiger partial charge in [-0.15, -0.1) is 11.3 Å². The number of likely N-dealkylation sites (N-methyl/N-ethyl adjacent to an activating group) is 1. The summed E-state index contributed by atoms with van der Waals surface area (Å²) < 4.78 is 1.71. The standard InChI is InChI=1S/C21H20N8OS/c1-28-10-7-13(20(28)30)17-12-23-19(31-17)16-5-3-4-14(24-16)15-6-9-22-21(25-15)26-18-8-11-29(2)27-18/h3-6,8-9,11-13H,7,10H2,1-2H3,(H,22,25,26,27)/t13-/m1/s1. The first-order valence-corrected chi connectivity index (χ1v) is 10.7. The van der Waals surface area contributed by atoms with E-state index >= 15 is 0 Å². The fourth-order valence-electron chi connectivity index (χ4n) is 3.51. The highest BCUT2D eigenvalue weighted by Gasteiger charge is 2.32. The number of aromatic nitrogens is 6. The largest absolute Gasteiger partial charge is 0.345 e. The van der Waals surface area contributed by atoms with E-state index < -0.39 is 0 Å². The molecule has 31 heavy (non-hydrogen) atoms. The van der Waals surface area contributed by atoms with Crippen molar-refractivity contribution in [2.75, 3.05) is 18.9 Å². The van der Waals surface area contributed by atoms with Crippen LogP contribution in [0.4, 0.5) is 11.8 Å². The Balaban J connectivity index is 1.40. The van der Waals surface area contributed by atoms with Gasteiger partial charge in [-0.05, 0) is 24.6 Å². The van der Waals surface area contributed by atoms with E-state index in [1.165, 1.54) is 11.3 Å². The summed E-state index contributed by atoms with van der Waals surface area (Å²) in [7, 11) is 3.69. The summed E-state index contributed by atoms with van der Waals surface area (Å²) in [6.45, 7) is 0.785. The molecule has 1 amide bonds. The van der Waals surface area contributed by atoms with E-state index in [0.29, 0.717) is 17.5 Å². The van der Waals surface area contributed by atoms with Crippen molar-refractivity contribution in [3.63, 3.8) is 0 Å². The second-order valence-electron chi connectivity index (χ2n) is 7.34. The van der Waals surface area contributed by atoms with E-state index in [9.17, 15) is 4.79 Å². The average Bonchev–Trinajstić information content (AvgIpc) is 3.50. The van der Waals surface area contributed by atoms with Crippen LogP contribution >= 0.6 is 11.3 Å². The number of hydrogen-bond acceptors (Lipinski definition) is 8. The van der Waals surface area contributed by atoms with Crippen LogP contribution < -0.4 is 5.32 Å². The van der Waals surface area contributed by atoms with Gasteiger partial charge in [-0.2, -0.15) is 5.10 Å². The zero-order valence-electron chi connectivity index (χ0n) is 17.1. The van der Waals surface area contributed by atoms with Gasteiger partial charge in [0.25, 0.3) is 0 Å². The minimum Gasteiger partial charge on any atom is -0.345 e. The molecule has 0 spiro atoms. The average molecular weight is 433 g/mol. The number of anilines is 2. The van der Waals surface area contributed by atoms with E-state index in [1.54, 1.807) is 22.0 Å². The molecule has 156 valence electrons. The molecule has 0 aliphatic carbocycles. The molecule has 0 aromatic carbocycles. The van der Waals surface area contributed by atoms with Gasteiger partial charge in [0.15, 0.2) is 5.82 Å². The Hall–Kier alpha value is -3.66. The molecule has 0 radical (unpaired) electrons.